The number of methoxy groups -OCH3 is 1. The van der Waals surface area contributed by atoms with Crippen molar-refractivity contribution in [3.63, 3.8) is 0 Å². The maximum absolute atomic E-state index is 5.75. The van der Waals surface area contributed by atoms with Crippen molar-refractivity contribution < 1.29 is 18.9 Å². The number of nitrogens with one attached hydrogen (secondary N) is 1. The first-order valence-electron chi connectivity index (χ1n) is 8.58. The Hall–Kier alpha value is -2.40. The second-order valence-electron chi connectivity index (χ2n) is 6.23. The van der Waals surface area contributed by atoms with E-state index in [4.69, 9.17) is 18.9 Å². The van der Waals surface area contributed by atoms with Gasteiger partial charge in [-0.1, -0.05) is 12.1 Å². The van der Waals surface area contributed by atoms with Crippen molar-refractivity contribution in [3.05, 3.63) is 47.5 Å². The molecule has 1 aliphatic heterocycles. The Labute approximate surface area is 148 Å². The summed E-state index contributed by atoms with van der Waals surface area (Å²) in [5.41, 5.74) is 2.31. The lowest BCUT2D eigenvalue weighted by Crippen LogP contribution is -2.16. The number of fused-ring (bicyclic) bond motifs is 1. The standard InChI is InChI=1S/C20H25NO4/c1-14(2)25-18-7-5-15(10-19(18)22-3)12-21-13-16-4-6-17-20(11-16)24-9-8-23-17/h4-7,10-11,14,21H,8-9,12-13H2,1-3H3. The lowest BCUT2D eigenvalue weighted by atomic mass is 10.1. The third kappa shape index (κ3) is 4.57. The van der Waals surface area contributed by atoms with Crippen LogP contribution in [0.2, 0.25) is 0 Å². The van der Waals surface area contributed by atoms with Gasteiger partial charge in [-0.2, -0.15) is 0 Å². The van der Waals surface area contributed by atoms with E-state index in [0.717, 1.165) is 47.2 Å². The molecule has 0 saturated heterocycles. The Morgan fingerprint density at radius 2 is 1.60 bits per heavy atom. The topological polar surface area (TPSA) is 49.0 Å². The summed E-state index contributed by atoms with van der Waals surface area (Å²) >= 11 is 0. The molecule has 1 aliphatic rings. The first-order valence-corrected chi connectivity index (χ1v) is 8.58. The molecule has 0 bridgehead atoms. The monoisotopic (exact) mass is 343 g/mol. The minimum absolute atomic E-state index is 0.119. The highest BCUT2D eigenvalue weighted by Gasteiger charge is 2.11. The van der Waals surface area contributed by atoms with Crippen LogP contribution in [0, 0.1) is 0 Å². The van der Waals surface area contributed by atoms with Gasteiger partial charge in [-0.05, 0) is 49.2 Å². The molecule has 3 rings (SSSR count). The molecule has 0 aromatic heterocycles. The maximum atomic E-state index is 5.75. The molecule has 2 aromatic rings. The zero-order valence-electron chi connectivity index (χ0n) is 15.0. The molecule has 2 aromatic carbocycles. The summed E-state index contributed by atoms with van der Waals surface area (Å²) in [4.78, 5) is 0. The van der Waals surface area contributed by atoms with Crippen LogP contribution in [0.1, 0.15) is 25.0 Å². The minimum atomic E-state index is 0.119. The van der Waals surface area contributed by atoms with E-state index in [2.05, 4.69) is 17.4 Å². The molecule has 0 spiro atoms. The van der Waals surface area contributed by atoms with Crippen molar-refractivity contribution in [2.45, 2.75) is 33.0 Å². The van der Waals surface area contributed by atoms with Crippen LogP contribution < -0.4 is 24.3 Å². The van der Waals surface area contributed by atoms with Crippen molar-refractivity contribution in [1.82, 2.24) is 5.32 Å². The predicted molar refractivity (Wildman–Crippen MR) is 96.7 cm³/mol. The van der Waals surface area contributed by atoms with Gasteiger partial charge in [-0.15, -0.1) is 0 Å². The van der Waals surface area contributed by atoms with E-state index in [-0.39, 0.29) is 6.10 Å². The first-order chi connectivity index (χ1) is 12.2. The normalized spacial score (nSPS) is 13.0. The van der Waals surface area contributed by atoms with Gasteiger partial charge in [0.25, 0.3) is 0 Å². The summed E-state index contributed by atoms with van der Waals surface area (Å²) < 4.78 is 22.3. The molecular formula is C20H25NO4. The lowest BCUT2D eigenvalue weighted by molar-refractivity contribution is 0.171. The molecule has 5 heteroatoms. The predicted octanol–water partition coefficient (Wildman–Crippen LogP) is 3.54. The van der Waals surface area contributed by atoms with Crippen molar-refractivity contribution in [3.8, 4) is 23.0 Å². The van der Waals surface area contributed by atoms with E-state index in [1.807, 2.05) is 38.1 Å². The van der Waals surface area contributed by atoms with Gasteiger partial charge in [0, 0.05) is 13.1 Å². The third-order valence-electron chi connectivity index (χ3n) is 3.86. The van der Waals surface area contributed by atoms with Crippen LogP contribution in [0.25, 0.3) is 0 Å². The Morgan fingerprint density at radius 3 is 2.32 bits per heavy atom. The van der Waals surface area contributed by atoms with Crippen LogP contribution in [0.5, 0.6) is 23.0 Å². The second kappa shape index (κ2) is 8.12. The summed E-state index contributed by atoms with van der Waals surface area (Å²) in [6, 6.07) is 12.1. The zero-order valence-corrected chi connectivity index (χ0v) is 15.0. The fraction of sp³-hybridized carbons (Fsp3) is 0.400. The van der Waals surface area contributed by atoms with E-state index in [1.54, 1.807) is 7.11 Å². The molecule has 1 heterocycles. The SMILES string of the molecule is COc1cc(CNCc2ccc3c(c2)OCCO3)ccc1OC(C)C. The molecule has 0 atom stereocenters. The summed E-state index contributed by atoms with van der Waals surface area (Å²) in [6.45, 7) is 6.72. The van der Waals surface area contributed by atoms with Gasteiger partial charge >= 0.3 is 0 Å². The van der Waals surface area contributed by atoms with Gasteiger partial charge < -0.3 is 24.3 Å². The minimum Gasteiger partial charge on any atom is -0.493 e. The van der Waals surface area contributed by atoms with Crippen LogP contribution >= 0.6 is 0 Å². The third-order valence-corrected chi connectivity index (χ3v) is 3.86. The summed E-state index contributed by atoms with van der Waals surface area (Å²) in [7, 11) is 1.66. The average Bonchev–Trinajstić information content (AvgIpc) is 2.62. The number of rotatable bonds is 7. The Bertz CT molecular complexity index is 715. The van der Waals surface area contributed by atoms with Gasteiger partial charge in [-0.25, -0.2) is 0 Å². The highest BCUT2D eigenvalue weighted by Crippen LogP contribution is 2.31. The van der Waals surface area contributed by atoms with E-state index in [1.165, 1.54) is 0 Å². The second-order valence-corrected chi connectivity index (χ2v) is 6.23. The smallest absolute Gasteiger partial charge is 0.161 e. The van der Waals surface area contributed by atoms with Gasteiger partial charge in [0.05, 0.1) is 13.2 Å². The molecule has 0 saturated carbocycles. The Balaban J connectivity index is 1.58. The zero-order chi connectivity index (χ0) is 17.6. The van der Waals surface area contributed by atoms with Crippen molar-refractivity contribution in [2.24, 2.45) is 0 Å². The lowest BCUT2D eigenvalue weighted by Gasteiger charge is -2.19. The van der Waals surface area contributed by atoms with Gasteiger partial charge in [-0.3, -0.25) is 0 Å². The highest BCUT2D eigenvalue weighted by atomic mass is 16.6. The summed E-state index contributed by atoms with van der Waals surface area (Å²) in [6.07, 6.45) is 0.119. The van der Waals surface area contributed by atoms with E-state index in [9.17, 15) is 0 Å². The van der Waals surface area contributed by atoms with Gasteiger partial charge in [0.1, 0.15) is 13.2 Å². The number of hydrogen-bond donors (Lipinski definition) is 1. The average molecular weight is 343 g/mol. The Morgan fingerprint density at radius 1 is 0.920 bits per heavy atom. The molecule has 25 heavy (non-hydrogen) atoms. The van der Waals surface area contributed by atoms with Crippen LogP contribution in [-0.2, 0) is 13.1 Å². The van der Waals surface area contributed by atoms with E-state index in [0.29, 0.717) is 13.2 Å². The molecule has 0 unspecified atom stereocenters. The highest BCUT2D eigenvalue weighted by molar-refractivity contribution is 5.44. The summed E-state index contributed by atoms with van der Waals surface area (Å²) in [5, 5.41) is 3.44. The quantitative estimate of drug-likeness (QED) is 0.833. The molecule has 0 fully saturated rings. The van der Waals surface area contributed by atoms with Crippen molar-refractivity contribution in [1.29, 1.82) is 0 Å². The van der Waals surface area contributed by atoms with E-state index < -0.39 is 0 Å². The fourth-order valence-corrected chi connectivity index (χ4v) is 2.72. The molecule has 0 amide bonds. The Kier molecular flexibility index (Phi) is 5.66. The van der Waals surface area contributed by atoms with Crippen LogP contribution in [0.15, 0.2) is 36.4 Å². The number of hydrogen-bond acceptors (Lipinski definition) is 5. The molecule has 0 radical (unpaired) electrons. The molecule has 5 nitrogen and oxygen atoms in total. The molecule has 1 N–H and O–H groups in total. The first kappa shape index (κ1) is 17.4. The molecular weight excluding hydrogens is 318 g/mol. The van der Waals surface area contributed by atoms with E-state index >= 15 is 0 Å². The molecule has 0 aliphatic carbocycles. The molecule has 134 valence electrons. The van der Waals surface area contributed by atoms with Crippen molar-refractivity contribution in [2.75, 3.05) is 20.3 Å². The number of ether oxygens (including phenoxy) is 4. The van der Waals surface area contributed by atoms with Crippen LogP contribution in [0.4, 0.5) is 0 Å². The van der Waals surface area contributed by atoms with Crippen molar-refractivity contribution >= 4 is 0 Å². The fourth-order valence-electron chi connectivity index (χ4n) is 2.72. The van der Waals surface area contributed by atoms with Gasteiger partial charge in [0.2, 0.25) is 0 Å². The largest absolute Gasteiger partial charge is 0.493 e. The van der Waals surface area contributed by atoms with Crippen LogP contribution in [0.3, 0.4) is 0 Å². The number of benzene rings is 2. The summed E-state index contributed by atoms with van der Waals surface area (Å²) in [5.74, 6) is 3.17. The van der Waals surface area contributed by atoms with Gasteiger partial charge in [0.15, 0.2) is 23.0 Å². The van der Waals surface area contributed by atoms with Crippen LogP contribution in [-0.4, -0.2) is 26.4 Å². The maximum Gasteiger partial charge on any atom is 0.161 e.